The van der Waals surface area contributed by atoms with Crippen molar-refractivity contribution in [3.05, 3.63) is 65.5 Å². The fourth-order valence-electron chi connectivity index (χ4n) is 1.76. The second-order valence-corrected chi connectivity index (χ2v) is 4.74. The first-order chi connectivity index (χ1) is 9.54. The molecule has 3 nitrogen and oxygen atoms in total. The molecule has 0 fully saturated rings. The molecule has 0 radical (unpaired) electrons. The Morgan fingerprint density at radius 3 is 2.50 bits per heavy atom. The Morgan fingerprint density at radius 2 is 1.90 bits per heavy atom. The molecule has 0 aliphatic rings. The van der Waals surface area contributed by atoms with E-state index in [1.807, 2.05) is 0 Å². The molecule has 102 valence electrons. The molecule has 2 aromatic carbocycles. The van der Waals surface area contributed by atoms with Gasteiger partial charge in [-0.25, -0.2) is 4.39 Å². The normalized spacial score (nSPS) is 10.1. The topological polar surface area (TPSA) is 55.1 Å². The molecule has 0 saturated carbocycles. The summed E-state index contributed by atoms with van der Waals surface area (Å²) < 4.78 is 13.0. The Morgan fingerprint density at radius 1 is 1.20 bits per heavy atom. The molecule has 1 amide bonds. The van der Waals surface area contributed by atoms with E-state index in [1.165, 1.54) is 12.1 Å². The summed E-state index contributed by atoms with van der Waals surface area (Å²) in [5, 5.41) is 2.73. The summed E-state index contributed by atoms with van der Waals surface area (Å²) >= 11 is 4.85. The highest BCUT2D eigenvalue weighted by Gasteiger charge is 2.05. The molecule has 0 saturated heterocycles. The largest absolute Gasteiger partial charge is 0.389 e. The zero-order chi connectivity index (χ0) is 14.5. The van der Waals surface area contributed by atoms with Crippen LogP contribution in [0.25, 0.3) is 0 Å². The number of nitrogens with two attached hydrogens (primary N) is 1. The lowest BCUT2D eigenvalue weighted by atomic mass is 10.1. The smallest absolute Gasteiger partial charge is 0.228 e. The maximum Gasteiger partial charge on any atom is 0.228 e. The van der Waals surface area contributed by atoms with Crippen LogP contribution in [0.4, 0.5) is 10.1 Å². The van der Waals surface area contributed by atoms with Gasteiger partial charge in [-0.3, -0.25) is 4.79 Å². The van der Waals surface area contributed by atoms with Crippen molar-refractivity contribution in [2.24, 2.45) is 5.73 Å². The number of amides is 1. The molecule has 20 heavy (non-hydrogen) atoms. The summed E-state index contributed by atoms with van der Waals surface area (Å²) in [6.07, 6.45) is 0.120. The van der Waals surface area contributed by atoms with E-state index in [9.17, 15) is 9.18 Å². The molecule has 0 atom stereocenters. The lowest BCUT2D eigenvalue weighted by molar-refractivity contribution is -0.115. The first-order valence-electron chi connectivity index (χ1n) is 5.99. The van der Waals surface area contributed by atoms with Crippen molar-refractivity contribution >= 4 is 28.8 Å². The number of thiocarbonyl (C=S) groups is 1. The summed E-state index contributed by atoms with van der Waals surface area (Å²) in [5.74, 6) is -0.560. The minimum absolute atomic E-state index is 0.120. The van der Waals surface area contributed by atoms with Gasteiger partial charge in [-0.15, -0.1) is 0 Å². The third-order valence-corrected chi connectivity index (χ3v) is 2.94. The van der Waals surface area contributed by atoms with Gasteiger partial charge in [0.15, 0.2) is 0 Å². The fraction of sp³-hybridized carbons (Fsp3) is 0.0667. The zero-order valence-corrected chi connectivity index (χ0v) is 11.4. The molecule has 0 spiro atoms. The second kappa shape index (κ2) is 6.25. The number of benzene rings is 2. The van der Waals surface area contributed by atoms with Crippen molar-refractivity contribution in [1.29, 1.82) is 0 Å². The Labute approximate surface area is 121 Å². The number of anilines is 1. The van der Waals surface area contributed by atoms with Crippen LogP contribution < -0.4 is 11.1 Å². The van der Waals surface area contributed by atoms with Crippen LogP contribution in [-0.2, 0) is 11.2 Å². The van der Waals surface area contributed by atoms with Crippen LogP contribution in [-0.4, -0.2) is 10.9 Å². The van der Waals surface area contributed by atoms with Crippen molar-refractivity contribution in [2.75, 3.05) is 5.32 Å². The van der Waals surface area contributed by atoms with Crippen LogP contribution in [0.3, 0.4) is 0 Å². The van der Waals surface area contributed by atoms with Crippen LogP contribution in [0.15, 0.2) is 48.5 Å². The van der Waals surface area contributed by atoms with E-state index in [4.69, 9.17) is 18.0 Å². The molecule has 0 aromatic heterocycles. The Balaban J connectivity index is 1.99. The molecule has 0 aliphatic heterocycles. The third kappa shape index (κ3) is 3.86. The van der Waals surface area contributed by atoms with Gasteiger partial charge in [-0.1, -0.05) is 24.4 Å². The molecular formula is C15H13FN2OS. The summed E-state index contributed by atoms with van der Waals surface area (Å²) in [6.45, 7) is 0. The third-order valence-electron chi connectivity index (χ3n) is 2.71. The maximum atomic E-state index is 13.0. The standard InChI is InChI=1S/C15H13FN2OS/c16-12-3-1-2-10(8-12)9-14(19)18-13-6-4-11(5-7-13)15(17)20/h1-8H,9H2,(H2,17,20)(H,18,19). The van der Waals surface area contributed by atoms with Crippen LogP contribution in [0, 0.1) is 5.82 Å². The van der Waals surface area contributed by atoms with Gasteiger partial charge in [0.25, 0.3) is 0 Å². The van der Waals surface area contributed by atoms with Crippen LogP contribution in [0.2, 0.25) is 0 Å². The van der Waals surface area contributed by atoms with Gasteiger partial charge in [0, 0.05) is 11.3 Å². The molecule has 0 unspecified atom stereocenters. The molecule has 5 heteroatoms. The van der Waals surface area contributed by atoms with E-state index in [1.54, 1.807) is 36.4 Å². The minimum Gasteiger partial charge on any atom is -0.389 e. The molecular weight excluding hydrogens is 275 g/mol. The highest BCUT2D eigenvalue weighted by Crippen LogP contribution is 2.11. The van der Waals surface area contributed by atoms with Crippen LogP contribution in [0.5, 0.6) is 0 Å². The van der Waals surface area contributed by atoms with Gasteiger partial charge in [-0.05, 0) is 42.0 Å². The van der Waals surface area contributed by atoms with E-state index in [-0.39, 0.29) is 18.1 Å². The first kappa shape index (κ1) is 14.1. The van der Waals surface area contributed by atoms with E-state index in [0.29, 0.717) is 16.2 Å². The van der Waals surface area contributed by atoms with Crippen molar-refractivity contribution in [1.82, 2.24) is 0 Å². The number of rotatable bonds is 4. The minimum atomic E-state index is -0.351. The molecule has 0 heterocycles. The zero-order valence-electron chi connectivity index (χ0n) is 10.6. The molecule has 0 bridgehead atoms. The van der Waals surface area contributed by atoms with Gasteiger partial charge in [0.2, 0.25) is 5.91 Å². The lowest BCUT2D eigenvalue weighted by Crippen LogP contribution is -2.15. The van der Waals surface area contributed by atoms with Crippen LogP contribution in [0.1, 0.15) is 11.1 Å². The first-order valence-corrected chi connectivity index (χ1v) is 6.39. The van der Waals surface area contributed by atoms with Gasteiger partial charge in [-0.2, -0.15) is 0 Å². The van der Waals surface area contributed by atoms with Crippen molar-refractivity contribution in [3.8, 4) is 0 Å². The molecule has 3 N–H and O–H groups in total. The van der Waals surface area contributed by atoms with Gasteiger partial charge >= 0.3 is 0 Å². The van der Waals surface area contributed by atoms with Crippen LogP contribution >= 0.6 is 12.2 Å². The molecule has 2 aromatic rings. The number of hydrogen-bond donors (Lipinski definition) is 2. The summed E-state index contributed by atoms with van der Waals surface area (Å²) in [4.78, 5) is 12.1. The van der Waals surface area contributed by atoms with E-state index >= 15 is 0 Å². The number of nitrogens with one attached hydrogen (secondary N) is 1. The van der Waals surface area contributed by atoms with E-state index < -0.39 is 0 Å². The Hall–Kier alpha value is -2.27. The maximum absolute atomic E-state index is 13.0. The van der Waals surface area contributed by atoms with Crippen molar-refractivity contribution < 1.29 is 9.18 Å². The van der Waals surface area contributed by atoms with Gasteiger partial charge < -0.3 is 11.1 Å². The Kier molecular flexibility index (Phi) is 4.42. The highest BCUT2D eigenvalue weighted by atomic mass is 32.1. The SMILES string of the molecule is NC(=S)c1ccc(NC(=O)Cc2cccc(F)c2)cc1. The summed E-state index contributed by atoms with van der Waals surface area (Å²) in [6, 6.07) is 12.9. The predicted molar refractivity (Wildman–Crippen MR) is 81.1 cm³/mol. The molecule has 2 rings (SSSR count). The number of carbonyl (C=O) groups excluding carboxylic acids is 1. The monoisotopic (exact) mass is 288 g/mol. The van der Waals surface area contributed by atoms with Gasteiger partial charge in [0.05, 0.1) is 6.42 Å². The summed E-state index contributed by atoms with van der Waals surface area (Å²) in [5.41, 5.74) is 7.50. The lowest BCUT2D eigenvalue weighted by Gasteiger charge is -2.06. The highest BCUT2D eigenvalue weighted by molar-refractivity contribution is 7.80. The molecule has 0 aliphatic carbocycles. The number of hydrogen-bond acceptors (Lipinski definition) is 2. The van der Waals surface area contributed by atoms with Crippen molar-refractivity contribution in [2.45, 2.75) is 6.42 Å². The predicted octanol–water partition coefficient (Wildman–Crippen LogP) is 2.64. The fourth-order valence-corrected chi connectivity index (χ4v) is 1.89. The average molecular weight is 288 g/mol. The van der Waals surface area contributed by atoms with Gasteiger partial charge in [0.1, 0.15) is 10.8 Å². The quantitative estimate of drug-likeness (QED) is 0.850. The van der Waals surface area contributed by atoms with E-state index in [0.717, 1.165) is 5.56 Å². The Bertz CT molecular complexity index is 641. The average Bonchev–Trinajstić information content (AvgIpc) is 2.39. The summed E-state index contributed by atoms with van der Waals surface area (Å²) in [7, 11) is 0. The number of carbonyl (C=O) groups is 1. The number of halogens is 1. The van der Waals surface area contributed by atoms with E-state index in [2.05, 4.69) is 5.32 Å². The second-order valence-electron chi connectivity index (χ2n) is 4.30. The van der Waals surface area contributed by atoms with Crippen molar-refractivity contribution in [3.63, 3.8) is 0 Å².